The molecule has 0 radical (unpaired) electrons. The maximum absolute atomic E-state index is 6.11. The summed E-state index contributed by atoms with van der Waals surface area (Å²) in [6.07, 6.45) is 5.19. The highest BCUT2D eigenvalue weighted by Gasteiger charge is 2.24. The zero-order valence-electron chi connectivity index (χ0n) is 13.4. The monoisotopic (exact) mass is 361 g/mol. The lowest BCUT2D eigenvalue weighted by molar-refractivity contribution is 0.00816. The number of aromatic nitrogens is 1. The smallest absolute Gasteiger partial charge is 0.0720 e. The van der Waals surface area contributed by atoms with Crippen molar-refractivity contribution in [2.75, 3.05) is 0 Å². The topological polar surface area (TPSA) is 14.2 Å². The number of ether oxygens (including phenoxy) is 1. The molecule has 0 N–H and O–H groups in total. The number of aryl methyl sites for hydroxylation is 2. The molecule has 3 heteroatoms. The molecule has 0 atom stereocenters. The van der Waals surface area contributed by atoms with Gasteiger partial charge in [-0.3, -0.25) is 0 Å². The van der Waals surface area contributed by atoms with Gasteiger partial charge in [-0.15, -0.1) is 0 Å². The first-order chi connectivity index (χ1) is 10.6. The summed E-state index contributed by atoms with van der Waals surface area (Å²) in [7, 11) is 0. The van der Waals surface area contributed by atoms with E-state index in [0.717, 1.165) is 23.9 Å². The Bertz CT molecular complexity index is 589. The lowest BCUT2D eigenvalue weighted by Gasteiger charge is -2.31. The first-order valence-electron chi connectivity index (χ1n) is 8.14. The molecule has 2 aromatic rings. The fourth-order valence-electron chi connectivity index (χ4n) is 3.52. The van der Waals surface area contributed by atoms with Crippen molar-refractivity contribution in [3.8, 4) is 0 Å². The average Bonchev–Trinajstić information content (AvgIpc) is 2.86. The molecule has 1 aromatic heterocycles. The predicted molar refractivity (Wildman–Crippen MR) is 94.1 cm³/mol. The van der Waals surface area contributed by atoms with Gasteiger partial charge < -0.3 is 9.30 Å². The molecule has 1 saturated carbocycles. The molecule has 1 fully saturated rings. The molecule has 0 saturated heterocycles. The number of rotatable bonds is 4. The largest absolute Gasteiger partial charge is 0.374 e. The quantitative estimate of drug-likeness (QED) is 0.694. The number of hydrogen-bond donors (Lipinski definition) is 0. The minimum atomic E-state index is 0.413. The SMILES string of the molecule is Cc1ccc(C)n1[C@H]1CC[C@H](OCc2ccc(Br)cc2)CC1. The molecule has 1 aromatic carbocycles. The standard InChI is InChI=1S/C19H24BrNO/c1-14-3-4-15(2)21(14)18-9-11-19(12-10-18)22-13-16-5-7-17(20)8-6-16/h3-8,18-19H,9-13H2,1-2H3/t18-,19-. The van der Waals surface area contributed by atoms with Crippen LogP contribution in [0.1, 0.15) is 48.7 Å². The Morgan fingerprint density at radius 3 is 2.14 bits per heavy atom. The summed E-state index contributed by atoms with van der Waals surface area (Å²) in [5, 5.41) is 0. The molecule has 0 amide bonds. The third-order valence-electron chi connectivity index (χ3n) is 4.73. The first-order valence-corrected chi connectivity index (χ1v) is 8.93. The summed E-state index contributed by atoms with van der Waals surface area (Å²) in [5.41, 5.74) is 4.02. The van der Waals surface area contributed by atoms with E-state index in [-0.39, 0.29) is 0 Å². The summed E-state index contributed by atoms with van der Waals surface area (Å²) in [6, 6.07) is 13.5. The van der Waals surface area contributed by atoms with Crippen molar-refractivity contribution in [3.05, 3.63) is 57.8 Å². The zero-order valence-corrected chi connectivity index (χ0v) is 15.0. The van der Waals surface area contributed by atoms with Crippen LogP contribution in [0, 0.1) is 13.8 Å². The van der Waals surface area contributed by atoms with Crippen LogP contribution in [0.3, 0.4) is 0 Å². The van der Waals surface area contributed by atoms with Crippen molar-refractivity contribution in [1.82, 2.24) is 4.57 Å². The van der Waals surface area contributed by atoms with E-state index in [1.54, 1.807) is 0 Å². The molecular weight excluding hydrogens is 338 g/mol. The van der Waals surface area contributed by atoms with Crippen molar-refractivity contribution in [2.45, 2.75) is 58.3 Å². The average molecular weight is 362 g/mol. The van der Waals surface area contributed by atoms with Crippen molar-refractivity contribution in [2.24, 2.45) is 0 Å². The third-order valence-corrected chi connectivity index (χ3v) is 5.26. The van der Waals surface area contributed by atoms with Gasteiger partial charge in [-0.2, -0.15) is 0 Å². The predicted octanol–water partition coefficient (Wildman–Crippen LogP) is 5.57. The van der Waals surface area contributed by atoms with Gasteiger partial charge >= 0.3 is 0 Å². The Kier molecular flexibility index (Phi) is 5.04. The van der Waals surface area contributed by atoms with Gasteiger partial charge in [-0.05, 0) is 69.4 Å². The molecule has 118 valence electrons. The molecule has 1 heterocycles. The molecule has 0 aliphatic heterocycles. The minimum Gasteiger partial charge on any atom is -0.374 e. The molecule has 0 spiro atoms. The van der Waals surface area contributed by atoms with E-state index in [1.165, 1.54) is 29.8 Å². The van der Waals surface area contributed by atoms with E-state index in [0.29, 0.717) is 12.1 Å². The van der Waals surface area contributed by atoms with E-state index in [1.807, 2.05) is 0 Å². The summed E-state index contributed by atoms with van der Waals surface area (Å²) in [4.78, 5) is 0. The molecule has 22 heavy (non-hydrogen) atoms. The van der Waals surface area contributed by atoms with Crippen LogP contribution < -0.4 is 0 Å². The van der Waals surface area contributed by atoms with E-state index in [9.17, 15) is 0 Å². The van der Waals surface area contributed by atoms with Gasteiger partial charge in [0.15, 0.2) is 0 Å². The molecule has 3 rings (SSSR count). The lowest BCUT2D eigenvalue weighted by Crippen LogP contribution is -2.24. The van der Waals surface area contributed by atoms with Crippen LogP contribution in [-0.2, 0) is 11.3 Å². The summed E-state index contributed by atoms with van der Waals surface area (Å²) >= 11 is 3.47. The number of benzene rings is 1. The van der Waals surface area contributed by atoms with Gasteiger partial charge in [0.05, 0.1) is 12.7 Å². The van der Waals surface area contributed by atoms with E-state index in [4.69, 9.17) is 4.74 Å². The highest BCUT2D eigenvalue weighted by atomic mass is 79.9. The van der Waals surface area contributed by atoms with Crippen molar-refractivity contribution < 1.29 is 4.74 Å². The van der Waals surface area contributed by atoms with Crippen molar-refractivity contribution >= 4 is 15.9 Å². The molecule has 0 bridgehead atoms. The van der Waals surface area contributed by atoms with Gasteiger partial charge in [0, 0.05) is 21.9 Å². The van der Waals surface area contributed by atoms with Crippen molar-refractivity contribution in [1.29, 1.82) is 0 Å². The fourth-order valence-corrected chi connectivity index (χ4v) is 3.79. The minimum absolute atomic E-state index is 0.413. The van der Waals surface area contributed by atoms with Gasteiger partial charge in [0.25, 0.3) is 0 Å². The van der Waals surface area contributed by atoms with Crippen LogP contribution in [-0.4, -0.2) is 10.7 Å². The van der Waals surface area contributed by atoms with Crippen LogP contribution >= 0.6 is 15.9 Å². The molecule has 1 aliphatic carbocycles. The second kappa shape index (κ2) is 7.01. The van der Waals surface area contributed by atoms with Crippen LogP contribution in [0.2, 0.25) is 0 Å². The van der Waals surface area contributed by atoms with Crippen LogP contribution in [0.5, 0.6) is 0 Å². The van der Waals surface area contributed by atoms with Gasteiger partial charge in [-0.1, -0.05) is 28.1 Å². The van der Waals surface area contributed by atoms with E-state index in [2.05, 4.69) is 70.7 Å². The van der Waals surface area contributed by atoms with Crippen LogP contribution in [0.25, 0.3) is 0 Å². The molecule has 2 nitrogen and oxygen atoms in total. The maximum Gasteiger partial charge on any atom is 0.0720 e. The Morgan fingerprint density at radius 1 is 0.955 bits per heavy atom. The first kappa shape index (κ1) is 15.8. The van der Waals surface area contributed by atoms with Gasteiger partial charge in [-0.25, -0.2) is 0 Å². The second-order valence-corrected chi connectivity index (χ2v) is 7.27. The fraction of sp³-hybridized carbons (Fsp3) is 0.474. The van der Waals surface area contributed by atoms with Gasteiger partial charge in [0.1, 0.15) is 0 Å². The third kappa shape index (κ3) is 3.64. The molecular formula is C19H24BrNO. The van der Waals surface area contributed by atoms with Gasteiger partial charge in [0.2, 0.25) is 0 Å². The Hall–Kier alpha value is -1.06. The van der Waals surface area contributed by atoms with Crippen LogP contribution in [0.15, 0.2) is 40.9 Å². The normalized spacial score (nSPS) is 22.0. The van der Waals surface area contributed by atoms with Crippen molar-refractivity contribution in [3.63, 3.8) is 0 Å². The summed E-state index contributed by atoms with van der Waals surface area (Å²) in [6.45, 7) is 5.15. The highest BCUT2D eigenvalue weighted by molar-refractivity contribution is 9.10. The Balaban J connectivity index is 1.51. The Labute approximate surface area is 141 Å². The highest BCUT2D eigenvalue weighted by Crippen LogP contribution is 2.32. The zero-order chi connectivity index (χ0) is 15.5. The number of hydrogen-bond acceptors (Lipinski definition) is 1. The molecule has 1 aliphatic rings. The molecule has 0 unspecified atom stereocenters. The lowest BCUT2D eigenvalue weighted by atomic mass is 9.92. The number of halogens is 1. The summed E-state index contributed by atoms with van der Waals surface area (Å²) < 4.78 is 9.74. The second-order valence-electron chi connectivity index (χ2n) is 6.35. The summed E-state index contributed by atoms with van der Waals surface area (Å²) in [5.74, 6) is 0. The number of nitrogens with zero attached hydrogens (tertiary/aromatic N) is 1. The van der Waals surface area contributed by atoms with Crippen LogP contribution in [0.4, 0.5) is 0 Å². The Morgan fingerprint density at radius 2 is 1.55 bits per heavy atom. The van der Waals surface area contributed by atoms with E-state index < -0.39 is 0 Å². The van der Waals surface area contributed by atoms with E-state index >= 15 is 0 Å². The maximum atomic E-state index is 6.11.